The summed E-state index contributed by atoms with van der Waals surface area (Å²) < 4.78 is 12.5. The van der Waals surface area contributed by atoms with Gasteiger partial charge in [-0.2, -0.15) is 0 Å². The van der Waals surface area contributed by atoms with Crippen molar-refractivity contribution in [2.24, 2.45) is 0 Å². The van der Waals surface area contributed by atoms with Crippen LogP contribution in [0.4, 0.5) is 5.69 Å². The number of carbonyl (C=O) groups excluding carboxylic acids is 5. The van der Waals surface area contributed by atoms with E-state index in [0.717, 1.165) is 16.5 Å². The Balaban J connectivity index is 1.01. The fraction of sp³-hybridized carbons (Fsp3) is 0.308. The number of aromatic nitrogens is 2. The number of hydrogen-bond donors (Lipinski definition) is 2. The predicted molar refractivity (Wildman–Crippen MR) is 188 cm³/mol. The largest absolute Gasteiger partial charge is 0.458 e. The molecular weight excluding hydrogens is 668 g/mol. The molecule has 0 spiro atoms. The molecule has 0 saturated carbocycles. The molecule has 7 rings (SSSR count). The summed E-state index contributed by atoms with van der Waals surface area (Å²) in [6.07, 6.45) is 5.33. The Bertz CT molecular complexity index is 2260. The zero-order valence-electron chi connectivity index (χ0n) is 28.7. The van der Waals surface area contributed by atoms with Crippen LogP contribution >= 0.6 is 0 Å². The summed E-state index contributed by atoms with van der Waals surface area (Å²) in [5.74, 6) is -1.86. The summed E-state index contributed by atoms with van der Waals surface area (Å²) in [6, 6.07) is 13.2. The van der Waals surface area contributed by atoms with Gasteiger partial charge in [0.25, 0.3) is 17.4 Å². The number of esters is 2. The minimum Gasteiger partial charge on any atom is -0.458 e. The molecule has 0 radical (unpaired) electrons. The number of nitrogens with one attached hydrogen (secondary N) is 1. The molecule has 0 saturated heterocycles. The molecule has 2 aromatic heterocycles. The van der Waals surface area contributed by atoms with E-state index in [9.17, 15) is 33.9 Å². The predicted octanol–water partition coefficient (Wildman–Crippen LogP) is 4.29. The number of aryl methyl sites for hydroxylation is 1. The van der Waals surface area contributed by atoms with Crippen LogP contribution in [0, 0.1) is 0 Å². The standard InChI is InChI=1S/C39H36N4O9/c1-3-25-26-18-24(52-37(48)22-9-11-23(12-10-22)40-32(44)8-6-5-7-17-42-33(45)15-16-34(42)46)13-14-30(26)41-35-27(25)20-43-31(35)19-29-28(36(43)47)21-51-38(49)39(29,50)4-2/h9-16,18-19,50H,3-8,17,20-21H2,1-2H3,(H,40,44)/t39-/m0/s1. The van der Waals surface area contributed by atoms with Crippen LogP contribution in [0.5, 0.6) is 5.75 Å². The summed E-state index contributed by atoms with van der Waals surface area (Å²) in [4.78, 5) is 81.0. The lowest BCUT2D eigenvalue weighted by molar-refractivity contribution is -0.172. The molecule has 266 valence electrons. The van der Waals surface area contributed by atoms with Crippen LogP contribution in [0.1, 0.15) is 78.6 Å². The van der Waals surface area contributed by atoms with Crippen molar-refractivity contribution in [3.05, 3.63) is 98.9 Å². The first-order valence-corrected chi connectivity index (χ1v) is 17.3. The third-order valence-corrected chi connectivity index (χ3v) is 9.93. The van der Waals surface area contributed by atoms with E-state index >= 15 is 0 Å². The molecule has 1 atom stereocenters. The molecule has 2 aromatic carbocycles. The number of ether oxygens (including phenoxy) is 2. The molecule has 0 unspecified atom stereocenters. The SMILES string of the molecule is CCc1c2c(nc3ccc(OC(=O)c4ccc(NC(=O)CCCCCN5C(=O)C=CC5=O)cc4)cc13)-c1cc3c(c(=O)n1C2)COC(=O)[C@]3(O)CC. The first-order valence-electron chi connectivity index (χ1n) is 17.3. The Labute approximate surface area is 297 Å². The van der Waals surface area contributed by atoms with Crippen LogP contribution in [0.2, 0.25) is 0 Å². The number of unbranched alkanes of at least 4 members (excludes halogenated alkanes) is 2. The molecule has 13 heteroatoms. The lowest BCUT2D eigenvalue weighted by Crippen LogP contribution is -2.44. The number of imide groups is 1. The van der Waals surface area contributed by atoms with Crippen molar-refractivity contribution in [3.8, 4) is 17.1 Å². The minimum atomic E-state index is -1.91. The number of carbonyl (C=O) groups is 5. The Hall–Kier alpha value is -5.95. The van der Waals surface area contributed by atoms with Gasteiger partial charge in [0.15, 0.2) is 5.60 Å². The third kappa shape index (κ3) is 6.06. The number of hydrogen-bond acceptors (Lipinski definition) is 10. The summed E-state index contributed by atoms with van der Waals surface area (Å²) >= 11 is 0. The highest BCUT2D eigenvalue weighted by molar-refractivity contribution is 6.12. The van der Waals surface area contributed by atoms with Gasteiger partial charge < -0.3 is 24.5 Å². The van der Waals surface area contributed by atoms with E-state index in [-0.39, 0.29) is 66.0 Å². The lowest BCUT2D eigenvalue weighted by atomic mass is 9.86. The van der Waals surface area contributed by atoms with E-state index in [2.05, 4.69) is 5.32 Å². The smallest absolute Gasteiger partial charge is 0.343 e. The Kier molecular flexibility index (Phi) is 9.05. The van der Waals surface area contributed by atoms with Gasteiger partial charge in [0.1, 0.15) is 12.4 Å². The van der Waals surface area contributed by atoms with E-state index in [1.807, 2.05) is 6.92 Å². The van der Waals surface area contributed by atoms with Crippen molar-refractivity contribution in [2.45, 2.75) is 71.1 Å². The van der Waals surface area contributed by atoms with Gasteiger partial charge in [0, 0.05) is 47.3 Å². The Morgan fingerprint density at radius 3 is 2.42 bits per heavy atom. The molecule has 2 N–H and O–H groups in total. The topological polar surface area (TPSA) is 174 Å². The number of benzene rings is 2. The van der Waals surface area contributed by atoms with Gasteiger partial charge in [-0.15, -0.1) is 0 Å². The molecule has 3 amide bonds. The number of rotatable bonds is 11. The maximum absolute atomic E-state index is 13.6. The van der Waals surface area contributed by atoms with Crippen LogP contribution in [0.25, 0.3) is 22.3 Å². The van der Waals surface area contributed by atoms with Gasteiger partial charge >= 0.3 is 11.9 Å². The van der Waals surface area contributed by atoms with E-state index < -0.39 is 17.5 Å². The highest BCUT2D eigenvalue weighted by Crippen LogP contribution is 2.40. The fourth-order valence-corrected chi connectivity index (χ4v) is 7.07. The summed E-state index contributed by atoms with van der Waals surface area (Å²) in [7, 11) is 0. The number of amides is 3. The van der Waals surface area contributed by atoms with Crippen molar-refractivity contribution in [2.75, 3.05) is 11.9 Å². The minimum absolute atomic E-state index is 0.0538. The first-order chi connectivity index (χ1) is 25.0. The van der Waals surface area contributed by atoms with Crippen molar-refractivity contribution in [1.29, 1.82) is 0 Å². The van der Waals surface area contributed by atoms with Gasteiger partial charge in [-0.25, -0.2) is 14.6 Å². The molecule has 13 nitrogen and oxygen atoms in total. The first kappa shape index (κ1) is 34.5. The van der Waals surface area contributed by atoms with E-state index in [1.54, 1.807) is 60.0 Å². The second-order valence-electron chi connectivity index (χ2n) is 13.0. The second-order valence-corrected chi connectivity index (χ2v) is 13.0. The normalized spacial score (nSPS) is 17.2. The fourth-order valence-electron chi connectivity index (χ4n) is 7.07. The molecular formula is C39H36N4O9. The van der Waals surface area contributed by atoms with Gasteiger partial charge in [0.2, 0.25) is 5.91 Å². The maximum atomic E-state index is 13.6. The van der Waals surface area contributed by atoms with Gasteiger partial charge in [-0.05, 0) is 79.8 Å². The average molecular weight is 705 g/mol. The van der Waals surface area contributed by atoms with Crippen molar-refractivity contribution in [3.63, 3.8) is 0 Å². The van der Waals surface area contributed by atoms with E-state index in [1.165, 1.54) is 17.1 Å². The van der Waals surface area contributed by atoms with Crippen LogP contribution in [0.15, 0.2) is 65.5 Å². The van der Waals surface area contributed by atoms with Crippen molar-refractivity contribution in [1.82, 2.24) is 14.5 Å². The number of cyclic esters (lactones) is 1. The highest BCUT2D eigenvalue weighted by atomic mass is 16.6. The second kappa shape index (κ2) is 13.6. The van der Waals surface area contributed by atoms with Crippen LogP contribution in [-0.4, -0.2) is 55.8 Å². The summed E-state index contributed by atoms with van der Waals surface area (Å²) in [5.41, 5.74) is 2.61. The number of fused-ring (bicyclic) bond motifs is 5. The Morgan fingerprint density at radius 1 is 0.962 bits per heavy atom. The average Bonchev–Trinajstić information content (AvgIpc) is 3.67. The van der Waals surface area contributed by atoms with Crippen molar-refractivity contribution < 1.29 is 38.6 Å². The van der Waals surface area contributed by atoms with Crippen LogP contribution in [-0.2, 0) is 49.1 Å². The molecule has 0 aliphatic carbocycles. The maximum Gasteiger partial charge on any atom is 0.343 e. The third-order valence-electron chi connectivity index (χ3n) is 9.93. The summed E-state index contributed by atoms with van der Waals surface area (Å²) in [5, 5.41) is 14.8. The molecule has 0 bridgehead atoms. The monoisotopic (exact) mass is 704 g/mol. The number of anilines is 1. The van der Waals surface area contributed by atoms with Crippen molar-refractivity contribution >= 4 is 46.3 Å². The summed E-state index contributed by atoms with van der Waals surface area (Å²) in [6.45, 7) is 4.03. The lowest BCUT2D eigenvalue weighted by Gasteiger charge is -2.31. The van der Waals surface area contributed by atoms with Crippen LogP contribution < -0.4 is 15.6 Å². The number of nitrogens with zero attached hydrogens (tertiary/aromatic N) is 3. The highest BCUT2D eigenvalue weighted by Gasteiger charge is 2.45. The molecule has 3 aliphatic rings. The van der Waals surface area contributed by atoms with Crippen LogP contribution in [0.3, 0.4) is 0 Å². The molecule has 0 fully saturated rings. The molecule has 3 aliphatic heterocycles. The molecule has 52 heavy (non-hydrogen) atoms. The zero-order chi connectivity index (χ0) is 36.7. The zero-order valence-corrected chi connectivity index (χ0v) is 28.7. The van der Waals surface area contributed by atoms with Gasteiger partial charge in [-0.3, -0.25) is 24.1 Å². The van der Waals surface area contributed by atoms with Gasteiger partial charge in [0.05, 0.1) is 34.6 Å². The molecule has 5 heterocycles. The van der Waals surface area contributed by atoms with E-state index in [4.69, 9.17) is 14.5 Å². The number of aliphatic hydroxyl groups is 1. The Morgan fingerprint density at radius 2 is 1.71 bits per heavy atom. The number of pyridine rings is 2. The van der Waals surface area contributed by atoms with Gasteiger partial charge in [-0.1, -0.05) is 20.3 Å². The van der Waals surface area contributed by atoms with E-state index in [0.29, 0.717) is 60.6 Å². The molecule has 4 aromatic rings. The quantitative estimate of drug-likeness (QED) is 0.0874.